The quantitative estimate of drug-likeness (QED) is 0.356. The molecule has 0 bridgehead atoms. The lowest BCUT2D eigenvalue weighted by atomic mass is 10.1. The highest BCUT2D eigenvalue weighted by molar-refractivity contribution is 5.86. The number of nitrogens with zero attached hydrogens (tertiary/aromatic N) is 3. The first-order valence-electron chi connectivity index (χ1n) is 12.0. The van der Waals surface area contributed by atoms with Gasteiger partial charge >= 0.3 is 5.97 Å². The van der Waals surface area contributed by atoms with Crippen LogP contribution in [0.3, 0.4) is 0 Å². The lowest BCUT2D eigenvalue weighted by Gasteiger charge is -2.28. The summed E-state index contributed by atoms with van der Waals surface area (Å²) in [6.07, 6.45) is 15.5. The predicted octanol–water partition coefficient (Wildman–Crippen LogP) is 3.38. The third kappa shape index (κ3) is 8.65. The van der Waals surface area contributed by atoms with E-state index in [-0.39, 0.29) is 24.0 Å². The Hall–Kier alpha value is -3.16. The number of allylic oxidation sites excluding steroid dienone is 3. The van der Waals surface area contributed by atoms with Crippen molar-refractivity contribution in [2.75, 3.05) is 25.1 Å². The average Bonchev–Trinajstić information content (AvgIpc) is 3.21. The lowest BCUT2D eigenvalue weighted by Crippen LogP contribution is -2.36. The van der Waals surface area contributed by atoms with Gasteiger partial charge in [-0.1, -0.05) is 11.6 Å². The fraction of sp³-hybridized carbons (Fsp3) is 0.538. The minimum Gasteiger partial charge on any atom is -0.469 e. The van der Waals surface area contributed by atoms with Crippen molar-refractivity contribution >= 4 is 24.0 Å². The standard InChI is InChI=1S/C14H20N2O2.C12H18N2O2/c1-18-14(17)6-5-12-9-13(11-15-10-12)16-7-3-2-4-8-16;1-4-9(2)5-6-14(8-15)11-7-10(3)13-12(11)16/h9-11H,2-8H2,1H3;4-6,8,10-11H,7H2,1-3H3,(H,13,16)/b;6-5-,9-4-. The number of aryl methyl sites for hydroxylation is 1. The molecule has 2 atom stereocenters. The first kappa shape index (κ1) is 27.1. The molecule has 1 N–H and O–H groups in total. The van der Waals surface area contributed by atoms with Gasteiger partial charge in [-0.05, 0) is 70.6 Å². The summed E-state index contributed by atoms with van der Waals surface area (Å²) in [6, 6.07) is 1.91. The van der Waals surface area contributed by atoms with Gasteiger partial charge in [0.2, 0.25) is 12.3 Å². The Balaban J connectivity index is 0.000000242. The van der Waals surface area contributed by atoms with Crippen LogP contribution < -0.4 is 10.2 Å². The molecule has 0 spiro atoms. The predicted molar refractivity (Wildman–Crippen MR) is 133 cm³/mol. The number of ether oxygens (including phenoxy) is 1. The molecule has 2 aliphatic heterocycles. The van der Waals surface area contributed by atoms with Crippen LogP contribution in [-0.4, -0.2) is 60.5 Å². The Morgan fingerprint density at radius 1 is 1.29 bits per heavy atom. The third-order valence-corrected chi connectivity index (χ3v) is 6.06. The Kier molecular flexibility index (Phi) is 11.3. The number of rotatable bonds is 8. The fourth-order valence-electron chi connectivity index (χ4n) is 3.89. The van der Waals surface area contributed by atoms with Crippen molar-refractivity contribution in [3.63, 3.8) is 0 Å². The third-order valence-electron chi connectivity index (χ3n) is 6.06. The van der Waals surface area contributed by atoms with Crippen LogP contribution in [0.1, 0.15) is 58.4 Å². The van der Waals surface area contributed by atoms with Gasteiger partial charge in [0.15, 0.2) is 0 Å². The number of aromatic nitrogens is 1. The molecule has 3 rings (SSSR count). The molecule has 34 heavy (non-hydrogen) atoms. The van der Waals surface area contributed by atoms with Gasteiger partial charge in [0.05, 0.1) is 19.0 Å². The number of pyridine rings is 1. The van der Waals surface area contributed by atoms with Crippen LogP contribution >= 0.6 is 0 Å². The molecule has 3 heterocycles. The van der Waals surface area contributed by atoms with Crippen LogP contribution in [0.2, 0.25) is 0 Å². The fourth-order valence-corrected chi connectivity index (χ4v) is 3.89. The molecule has 2 fully saturated rings. The second kappa shape index (κ2) is 14.2. The van der Waals surface area contributed by atoms with E-state index in [9.17, 15) is 14.4 Å². The largest absolute Gasteiger partial charge is 0.469 e. The highest BCUT2D eigenvalue weighted by Gasteiger charge is 2.32. The van der Waals surface area contributed by atoms with Crippen LogP contribution in [0.5, 0.6) is 0 Å². The highest BCUT2D eigenvalue weighted by atomic mass is 16.5. The minimum atomic E-state index is -0.367. The number of carbonyl (C=O) groups is 3. The summed E-state index contributed by atoms with van der Waals surface area (Å²) < 4.78 is 4.65. The number of anilines is 1. The number of hydrogen-bond donors (Lipinski definition) is 1. The van der Waals surface area contributed by atoms with E-state index < -0.39 is 0 Å². The van der Waals surface area contributed by atoms with E-state index in [2.05, 4.69) is 26.0 Å². The minimum absolute atomic E-state index is 0.0811. The maximum Gasteiger partial charge on any atom is 0.305 e. The van der Waals surface area contributed by atoms with Gasteiger partial charge in [-0.2, -0.15) is 0 Å². The normalized spacial score (nSPS) is 20.4. The molecule has 1 aromatic rings. The number of nitrogens with one attached hydrogen (secondary N) is 1. The van der Waals surface area contributed by atoms with Crippen molar-refractivity contribution in [2.45, 2.75) is 71.4 Å². The van der Waals surface area contributed by atoms with Crippen LogP contribution in [0.15, 0.2) is 42.4 Å². The van der Waals surface area contributed by atoms with Crippen LogP contribution in [-0.2, 0) is 25.5 Å². The molecule has 0 saturated carbocycles. The highest BCUT2D eigenvalue weighted by Crippen LogP contribution is 2.20. The van der Waals surface area contributed by atoms with E-state index in [1.807, 2.05) is 45.3 Å². The zero-order valence-corrected chi connectivity index (χ0v) is 20.8. The van der Waals surface area contributed by atoms with Crippen molar-refractivity contribution < 1.29 is 19.1 Å². The van der Waals surface area contributed by atoms with Gasteiger partial charge in [-0.25, -0.2) is 0 Å². The van der Waals surface area contributed by atoms with Crippen molar-refractivity contribution in [1.82, 2.24) is 15.2 Å². The maximum absolute atomic E-state index is 11.5. The second-order valence-electron chi connectivity index (χ2n) is 8.74. The van der Waals surface area contributed by atoms with E-state index in [0.717, 1.165) is 24.2 Å². The zero-order chi connectivity index (χ0) is 24.9. The first-order valence-corrected chi connectivity index (χ1v) is 12.0. The van der Waals surface area contributed by atoms with Gasteiger partial charge < -0.3 is 19.9 Å². The van der Waals surface area contributed by atoms with Gasteiger partial charge in [0, 0.05) is 37.9 Å². The number of esters is 1. The first-order chi connectivity index (χ1) is 16.4. The summed E-state index contributed by atoms with van der Waals surface area (Å²) in [5, 5.41) is 2.80. The van der Waals surface area contributed by atoms with E-state index in [1.54, 1.807) is 6.20 Å². The molecule has 0 aromatic carbocycles. The zero-order valence-electron chi connectivity index (χ0n) is 20.8. The molecule has 8 heteroatoms. The van der Waals surface area contributed by atoms with E-state index in [1.165, 1.54) is 37.0 Å². The Morgan fingerprint density at radius 2 is 2.03 bits per heavy atom. The number of amides is 2. The van der Waals surface area contributed by atoms with Crippen LogP contribution in [0, 0.1) is 0 Å². The molecule has 2 saturated heterocycles. The number of carbonyl (C=O) groups excluding carboxylic acids is 3. The molecule has 186 valence electrons. The summed E-state index contributed by atoms with van der Waals surface area (Å²) >= 11 is 0. The SMILES string of the molecule is C/C=C(C)\C=C/N(C=O)C1CC(C)NC1=O.COC(=O)CCc1cncc(N2CCCCC2)c1. The molecule has 2 aliphatic rings. The Morgan fingerprint density at radius 3 is 2.62 bits per heavy atom. The molecule has 8 nitrogen and oxygen atoms in total. The number of piperidine rings is 1. The Labute approximate surface area is 203 Å². The van der Waals surface area contributed by atoms with E-state index in [0.29, 0.717) is 25.7 Å². The lowest BCUT2D eigenvalue weighted by molar-refractivity contribution is -0.140. The summed E-state index contributed by atoms with van der Waals surface area (Å²) in [4.78, 5) is 41.6. The molecule has 2 unspecified atom stereocenters. The average molecular weight is 471 g/mol. The molecule has 0 aliphatic carbocycles. The van der Waals surface area contributed by atoms with Crippen molar-refractivity contribution in [2.24, 2.45) is 0 Å². The molecule has 2 amide bonds. The van der Waals surface area contributed by atoms with E-state index >= 15 is 0 Å². The summed E-state index contributed by atoms with van der Waals surface area (Å²) in [6.45, 7) is 8.03. The Bertz CT molecular complexity index is 877. The topological polar surface area (TPSA) is 91.8 Å². The smallest absolute Gasteiger partial charge is 0.305 e. The summed E-state index contributed by atoms with van der Waals surface area (Å²) in [5.41, 5.74) is 3.33. The van der Waals surface area contributed by atoms with Crippen molar-refractivity contribution in [3.05, 3.63) is 47.9 Å². The number of hydrogen-bond acceptors (Lipinski definition) is 6. The van der Waals surface area contributed by atoms with Crippen LogP contribution in [0.4, 0.5) is 5.69 Å². The summed E-state index contributed by atoms with van der Waals surface area (Å²) in [5.74, 6) is -0.249. The van der Waals surface area contributed by atoms with Crippen molar-refractivity contribution in [1.29, 1.82) is 0 Å². The monoisotopic (exact) mass is 470 g/mol. The molecular weight excluding hydrogens is 432 g/mol. The van der Waals surface area contributed by atoms with E-state index in [4.69, 9.17) is 0 Å². The molecular formula is C26H38N4O4. The van der Waals surface area contributed by atoms with Crippen molar-refractivity contribution in [3.8, 4) is 0 Å². The van der Waals surface area contributed by atoms with Gasteiger partial charge in [-0.3, -0.25) is 19.4 Å². The maximum atomic E-state index is 11.5. The molecule has 1 aromatic heterocycles. The molecule has 0 radical (unpaired) electrons. The second-order valence-corrected chi connectivity index (χ2v) is 8.74. The van der Waals surface area contributed by atoms with Gasteiger partial charge in [0.1, 0.15) is 6.04 Å². The number of methoxy groups -OCH3 is 1. The van der Waals surface area contributed by atoms with Gasteiger partial charge in [-0.15, -0.1) is 0 Å². The van der Waals surface area contributed by atoms with Gasteiger partial charge in [0.25, 0.3) is 0 Å². The summed E-state index contributed by atoms with van der Waals surface area (Å²) in [7, 11) is 1.42. The van der Waals surface area contributed by atoms with Crippen LogP contribution in [0.25, 0.3) is 0 Å².